The molecule has 1 spiro atoms. The van der Waals surface area contributed by atoms with Gasteiger partial charge in [-0.15, -0.1) is 12.4 Å². The Morgan fingerprint density at radius 3 is 2.74 bits per heavy atom. The molecule has 1 aliphatic carbocycles. The predicted molar refractivity (Wildman–Crippen MR) is 75.6 cm³/mol. The van der Waals surface area contributed by atoms with Gasteiger partial charge in [-0.1, -0.05) is 0 Å². The van der Waals surface area contributed by atoms with E-state index in [2.05, 4.69) is 10.6 Å². The fourth-order valence-electron chi connectivity index (χ4n) is 2.81. The van der Waals surface area contributed by atoms with Crippen molar-refractivity contribution in [3.63, 3.8) is 0 Å². The molecule has 0 aromatic heterocycles. The molecule has 0 bridgehead atoms. The van der Waals surface area contributed by atoms with Crippen LogP contribution < -0.4 is 10.6 Å². The van der Waals surface area contributed by atoms with E-state index in [9.17, 15) is 4.79 Å². The van der Waals surface area contributed by atoms with Crippen LogP contribution in [0.5, 0.6) is 0 Å². The zero-order chi connectivity index (χ0) is 12.8. The highest BCUT2D eigenvalue weighted by molar-refractivity contribution is 5.85. The molecule has 19 heavy (non-hydrogen) atoms. The number of methoxy groups -OCH3 is 1. The summed E-state index contributed by atoms with van der Waals surface area (Å²) in [6, 6.07) is 0. The van der Waals surface area contributed by atoms with E-state index in [-0.39, 0.29) is 24.2 Å². The van der Waals surface area contributed by atoms with Crippen LogP contribution in [0, 0.1) is 11.3 Å². The van der Waals surface area contributed by atoms with Gasteiger partial charge in [-0.3, -0.25) is 4.79 Å². The van der Waals surface area contributed by atoms with E-state index in [1.165, 1.54) is 0 Å². The molecule has 1 saturated carbocycles. The van der Waals surface area contributed by atoms with Crippen LogP contribution in [0.25, 0.3) is 0 Å². The fourth-order valence-corrected chi connectivity index (χ4v) is 2.81. The highest BCUT2D eigenvalue weighted by atomic mass is 35.5. The molecule has 6 heteroatoms. The zero-order valence-electron chi connectivity index (χ0n) is 11.6. The SMILES string of the molecule is COCCOCCNC(=O)C1CC12CCNCC2.Cl. The number of rotatable bonds is 7. The van der Waals surface area contributed by atoms with Crippen LogP contribution in [0.3, 0.4) is 0 Å². The van der Waals surface area contributed by atoms with E-state index in [4.69, 9.17) is 9.47 Å². The third-order valence-corrected chi connectivity index (χ3v) is 4.08. The molecule has 0 aromatic rings. The molecule has 0 radical (unpaired) electrons. The first kappa shape index (κ1) is 16.7. The molecule has 112 valence electrons. The zero-order valence-corrected chi connectivity index (χ0v) is 12.4. The summed E-state index contributed by atoms with van der Waals surface area (Å²) in [4.78, 5) is 12.0. The molecule has 1 amide bonds. The van der Waals surface area contributed by atoms with Crippen LogP contribution in [0.1, 0.15) is 19.3 Å². The molecule has 5 nitrogen and oxygen atoms in total. The lowest BCUT2D eigenvalue weighted by Gasteiger charge is -2.23. The summed E-state index contributed by atoms with van der Waals surface area (Å²) in [6.07, 6.45) is 3.37. The summed E-state index contributed by atoms with van der Waals surface area (Å²) in [6.45, 7) is 4.48. The number of hydrogen-bond acceptors (Lipinski definition) is 4. The van der Waals surface area contributed by atoms with Gasteiger partial charge in [0.2, 0.25) is 5.91 Å². The van der Waals surface area contributed by atoms with Crippen LogP contribution in [-0.2, 0) is 14.3 Å². The summed E-state index contributed by atoms with van der Waals surface area (Å²) >= 11 is 0. The Morgan fingerprint density at radius 2 is 2.05 bits per heavy atom. The molecule has 1 unspecified atom stereocenters. The number of nitrogens with one attached hydrogen (secondary N) is 2. The third kappa shape index (κ3) is 4.60. The van der Waals surface area contributed by atoms with Crippen molar-refractivity contribution < 1.29 is 14.3 Å². The second-order valence-corrected chi connectivity index (χ2v) is 5.27. The van der Waals surface area contributed by atoms with E-state index >= 15 is 0 Å². The van der Waals surface area contributed by atoms with Crippen molar-refractivity contribution in [2.75, 3.05) is 46.6 Å². The van der Waals surface area contributed by atoms with E-state index in [1.54, 1.807) is 7.11 Å². The average molecular weight is 293 g/mol. The fraction of sp³-hybridized carbons (Fsp3) is 0.923. The highest BCUT2D eigenvalue weighted by Gasteiger charge is 2.57. The van der Waals surface area contributed by atoms with Gasteiger partial charge in [0, 0.05) is 19.6 Å². The minimum Gasteiger partial charge on any atom is -0.382 e. The topological polar surface area (TPSA) is 59.6 Å². The normalized spacial score (nSPS) is 23.7. The molecule has 1 atom stereocenters. The van der Waals surface area contributed by atoms with Gasteiger partial charge >= 0.3 is 0 Å². The van der Waals surface area contributed by atoms with Crippen molar-refractivity contribution in [2.45, 2.75) is 19.3 Å². The van der Waals surface area contributed by atoms with E-state index in [0.29, 0.717) is 31.8 Å². The molecular formula is C13H25ClN2O3. The number of hydrogen-bond donors (Lipinski definition) is 2. The lowest BCUT2D eigenvalue weighted by molar-refractivity contribution is -0.123. The van der Waals surface area contributed by atoms with Crippen LogP contribution in [0.4, 0.5) is 0 Å². The Bertz CT molecular complexity index is 283. The second kappa shape index (κ2) is 8.04. The van der Waals surface area contributed by atoms with Gasteiger partial charge in [-0.25, -0.2) is 0 Å². The Balaban J connectivity index is 0.00000180. The number of halogens is 1. The van der Waals surface area contributed by atoms with Crippen molar-refractivity contribution >= 4 is 18.3 Å². The highest BCUT2D eigenvalue weighted by Crippen LogP contribution is 2.58. The molecular weight excluding hydrogens is 268 g/mol. The number of carbonyl (C=O) groups excluding carboxylic acids is 1. The number of ether oxygens (including phenoxy) is 2. The molecule has 1 saturated heterocycles. The quantitative estimate of drug-likeness (QED) is 0.674. The smallest absolute Gasteiger partial charge is 0.223 e. The largest absolute Gasteiger partial charge is 0.382 e. The van der Waals surface area contributed by atoms with Gasteiger partial charge < -0.3 is 20.1 Å². The first-order valence-electron chi connectivity index (χ1n) is 6.84. The van der Waals surface area contributed by atoms with Crippen molar-refractivity contribution in [1.29, 1.82) is 0 Å². The average Bonchev–Trinajstić information content (AvgIpc) is 3.08. The summed E-state index contributed by atoms with van der Waals surface area (Å²) in [5, 5.41) is 6.32. The maximum Gasteiger partial charge on any atom is 0.223 e. The molecule has 2 rings (SSSR count). The molecule has 2 fully saturated rings. The van der Waals surface area contributed by atoms with Gasteiger partial charge in [0.25, 0.3) is 0 Å². The van der Waals surface area contributed by atoms with Gasteiger partial charge in [0.1, 0.15) is 0 Å². The number of carbonyl (C=O) groups is 1. The third-order valence-electron chi connectivity index (χ3n) is 4.08. The van der Waals surface area contributed by atoms with Crippen molar-refractivity contribution in [1.82, 2.24) is 10.6 Å². The lowest BCUT2D eigenvalue weighted by Crippen LogP contribution is -2.34. The first-order chi connectivity index (χ1) is 8.78. The number of piperidine rings is 1. The first-order valence-corrected chi connectivity index (χ1v) is 6.84. The summed E-state index contributed by atoms with van der Waals surface area (Å²) in [7, 11) is 1.65. The minimum atomic E-state index is 0. The van der Waals surface area contributed by atoms with Crippen molar-refractivity contribution in [2.24, 2.45) is 11.3 Å². The van der Waals surface area contributed by atoms with E-state index < -0.39 is 0 Å². The second-order valence-electron chi connectivity index (χ2n) is 5.27. The monoisotopic (exact) mass is 292 g/mol. The molecule has 1 heterocycles. The number of amides is 1. The van der Waals surface area contributed by atoms with Crippen LogP contribution in [-0.4, -0.2) is 52.5 Å². The lowest BCUT2D eigenvalue weighted by atomic mass is 9.92. The predicted octanol–water partition coefficient (Wildman–Crippen LogP) is 0.577. The Labute approximate surface area is 121 Å². The van der Waals surface area contributed by atoms with Crippen LogP contribution in [0.2, 0.25) is 0 Å². The molecule has 1 aliphatic heterocycles. The van der Waals surface area contributed by atoms with Gasteiger partial charge in [0.05, 0.1) is 19.8 Å². The summed E-state index contributed by atoms with van der Waals surface area (Å²) < 4.78 is 10.2. The molecule has 2 N–H and O–H groups in total. The van der Waals surface area contributed by atoms with Gasteiger partial charge in [-0.2, -0.15) is 0 Å². The van der Waals surface area contributed by atoms with E-state index in [1.807, 2.05) is 0 Å². The molecule has 0 aromatic carbocycles. The van der Waals surface area contributed by atoms with Gasteiger partial charge in [0.15, 0.2) is 0 Å². The minimum absolute atomic E-state index is 0. The Morgan fingerprint density at radius 1 is 1.32 bits per heavy atom. The Kier molecular flexibility index (Phi) is 7.07. The maximum atomic E-state index is 12.0. The molecule has 2 aliphatic rings. The summed E-state index contributed by atoms with van der Waals surface area (Å²) in [5.74, 6) is 0.464. The van der Waals surface area contributed by atoms with Crippen LogP contribution >= 0.6 is 12.4 Å². The van der Waals surface area contributed by atoms with Crippen molar-refractivity contribution in [3.05, 3.63) is 0 Å². The van der Waals surface area contributed by atoms with Gasteiger partial charge in [-0.05, 0) is 37.8 Å². The van der Waals surface area contributed by atoms with E-state index in [0.717, 1.165) is 32.4 Å². The van der Waals surface area contributed by atoms with Crippen LogP contribution in [0.15, 0.2) is 0 Å². The standard InChI is InChI=1S/C13H24N2O3.ClH/c1-17-8-9-18-7-6-15-12(16)11-10-13(11)2-4-14-5-3-13;/h11,14H,2-10H2,1H3,(H,15,16);1H. The Hall–Kier alpha value is -0.360. The summed E-state index contributed by atoms with van der Waals surface area (Å²) in [5.41, 5.74) is 0.326. The van der Waals surface area contributed by atoms with Crippen molar-refractivity contribution in [3.8, 4) is 0 Å². The maximum absolute atomic E-state index is 12.0.